The van der Waals surface area contributed by atoms with Crippen LogP contribution in [0.5, 0.6) is 0 Å². The van der Waals surface area contributed by atoms with Crippen LogP contribution in [0.2, 0.25) is 0 Å². The molecule has 0 aliphatic carbocycles. The zero-order valence-corrected chi connectivity index (χ0v) is 12.5. The molecule has 0 aromatic carbocycles. The summed E-state index contributed by atoms with van der Waals surface area (Å²) in [5, 5.41) is 9.68. The second kappa shape index (κ2) is 13.8. The van der Waals surface area contributed by atoms with Crippen molar-refractivity contribution in [2.24, 2.45) is 0 Å². The molecule has 4 nitrogen and oxygen atoms in total. The highest BCUT2D eigenvalue weighted by Crippen LogP contribution is 2.11. The monoisotopic (exact) mass is 274 g/mol. The molecule has 0 aromatic rings. The molecule has 0 aliphatic heterocycles. The topological polar surface area (TPSA) is 55.8 Å². The summed E-state index contributed by atoms with van der Waals surface area (Å²) in [6.45, 7) is 2.88. The van der Waals surface area contributed by atoms with Gasteiger partial charge < -0.3 is 14.6 Å². The lowest BCUT2D eigenvalue weighted by molar-refractivity contribution is -0.147. The maximum absolute atomic E-state index is 11.3. The molecule has 114 valence electrons. The van der Waals surface area contributed by atoms with Gasteiger partial charge in [-0.15, -0.1) is 0 Å². The minimum atomic E-state index is -0.564. The molecule has 4 heteroatoms. The quantitative estimate of drug-likeness (QED) is 0.414. The van der Waals surface area contributed by atoms with E-state index in [4.69, 9.17) is 9.47 Å². The summed E-state index contributed by atoms with van der Waals surface area (Å²) >= 11 is 0. The van der Waals surface area contributed by atoms with Crippen molar-refractivity contribution in [1.29, 1.82) is 0 Å². The van der Waals surface area contributed by atoms with Crippen molar-refractivity contribution in [3.05, 3.63) is 0 Å². The molecular weight excluding hydrogens is 244 g/mol. The minimum absolute atomic E-state index is 0.0968. The highest BCUT2D eigenvalue weighted by Gasteiger charge is 2.11. The molecule has 0 aromatic heterocycles. The number of hydrogen-bond donors (Lipinski definition) is 1. The van der Waals surface area contributed by atoms with E-state index < -0.39 is 6.10 Å². The highest BCUT2D eigenvalue weighted by molar-refractivity contribution is 5.69. The zero-order chi connectivity index (χ0) is 14.3. The molecule has 1 N–H and O–H groups in total. The first-order valence-electron chi connectivity index (χ1n) is 7.53. The third-order valence-corrected chi connectivity index (χ3v) is 3.09. The molecule has 0 spiro atoms. The van der Waals surface area contributed by atoms with E-state index in [1.54, 1.807) is 7.11 Å². The van der Waals surface area contributed by atoms with Crippen LogP contribution in [0.4, 0.5) is 0 Å². The van der Waals surface area contributed by atoms with E-state index in [2.05, 4.69) is 6.92 Å². The van der Waals surface area contributed by atoms with Crippen LogP contribution >= 0.6 is 0 Å². The van der Waals surface area contributed by atoms with Gasteiger partial charge in [0.1, 0.15) is 6.61 Å². The Morgan fingerprint density at radius 2 is 1.68 bits per heavy atom. The van der Waals surface area contributed by atoms with Crippen LogP contribution in [-0.2, 0) is 14.3 Å². The molecule has 0 amide bonds. The first-order valence-corrected chi connectivity index (χ1v) is 7.53. The van der Waals surface area contributed by atoms with Gasteiger partial charge in [-0.25, -0.2) is 0 Å². The highest BCUT2D eigenvalue weighted by atomic mass is 16.6. The van der Waals surface area contributed by atoms with Gasteiger partial charge in [0, 0.05) is 7.11 Å². The summed E-state index contributed by atoms with van der Waals surface area (Å²) < 4.78 is 9.68. The Labute approximate surface area is 117 Å². The van der Waals surface area contributed by atoms with E-state index in [1.165, 1.54) is 32.1 Å². The molecule has 0 rings (SSSR count). The first kappa shape index (κ1) is 18.4. The molecule has 0 fully saturated rings. The van der Waals surface area contributed by atoms with Gasteiger partial charge in [-0.3, -0.25) is 4.79 Å². The van der Waals surface area contributed by atoms with Crippen molar-refractivity contribution in [2.45, 2.75) is 70.8 Å². The maximum Gasteiger partial charge on any atom is 0.308 e. The Balaban J connectivity index is 3.33. The third-order valence-electron chi connectivity index (χ3n) is 3.09. The molecule has 0 bridgehead atoms. The van der Waals surface area contributed by atoms with Gasteiger partial charge in [0.2, 0.25) is 0 Å². The molecule has 0 radical (unpaired) electrons. The van der Waals surface area contributed by atoms with E-state index >= 15 is 0 Å². The second-order valence-corrected chi connectivity index (χ2v) is 4.98. The fourth-order valence-corrected chi connectivity index (χ4v) is 1.93. The molecular formula is C15H30O4. The summed E-state index contributed by atoms with van der Waals surface area (Å²) in [4.78, 5) is 11.3. The van der Waals surface area contributed by atoms with E-state index in [1.807, 2.05) is 0 Å². The Kier molecular flexibility index (Phi) is 13.4. The lowest BCUT2D eigenvalue weighted by atomic mass is 10.1. The normalized spacial score (nSPS) is 12.4. The number of rotatable bonds is 13. The summed E-state index contributed by atoms with van der Waals surface area (Å²) in [6.07, 6.45) is 8.74. The number of aliphatic hydroxyl groups excluding tert-OH is 1. The van der Waals surface area contributed by atoms with Crippen molar-refractivity contribution < 1.29 is 19.4 Å². The molecule has 0 heterocycles. The minimum Gasteiger partial charge on any atom is -0.463 e. The van der Waals surface area contributed by atoms with Gasteiger partial charge in [0.25, 0.3) is 0 Å². The van der Waals surface area contributed by atoms with Crippen LogP contribution < -0.4 is 0 Å². The second-order valence-electron chi connectivity index (χ2n) is 4.98. The number of ether oxygens (including phenoxy) is 2. The van der Waals surface area contributed by atoms with Crippen LogP contribution in [0.15, 0.2) is 0 Å². The summed E-state index contributed by atoms with van der Waals surface area (Å²) in [6, 6.07) is 0. The average molecular weight is 274 g/mol. The summed E-state index contributed by atoms with van der Waals surface area (Å²) in [5.41, 5.74) is 0. The molecule has 1 atom stereocenters. The van der Waals surface area contributed by atoms with Crippen molar-refractivity contribution in [3.63, 3.8) is 0 Å². The Bertz CT molecular complexity index is 206. The van der Waals surface area contributed by atoms with E-state index in [0.29, 0.717) is 13.0 Å². The number of aliphatic hydroxyl groups is 1. The summed E-state index contributed by atoms with van der Waals surface area (Å²) in [7, 11) is 1.56. The standard InChI is InChI=1S/C15H30O4/c1-3-4-5-6-7-8-9-10-14(16)13-15(17)19-12-11-18-2/h14,16H,3-13H2,1-2H3. The fraction of sp³-hybridized carbons (Fsp3) is 0.933. The van der Waals surface area contributed by atoms with Crippen molar-refractivity contribution in [1.82, 2.24) is 0 Å². The van der Waals surface area contributed by atoms with E-state index in [0.717, 1.165) is 12.8 Å². The van der Waals surface area contributed by atoms with Crippen LogP contribution in [0.1, 0.15) is 64.7 Å². The number of carbonyl (C=O) groups excluding carboxylic acids is 1. The number of unbranched alkanes of at least 4 members (excludes halogenated alkanes) is 6. The summed E-state index contributed by atoms with van der Waals surface area (Å²) in [5.74, 6) is -0.340. The van der Waals surface area contributed by atoms with Gasteiger partial charge in [-0.1, -0.05) is 51.9 Å². The number of esters is 1. The van der Waals surface area contributed by atoms with Gasteiger partial charge >= 0.3 is 5.97 Å². The predicted octanol–water partition coefficient (Wildman–Crippen LogP) is 3.07. The van der Waals surface area contributed by atoms with Crippen LogP contribution in [0, 0.1) is 0 Å². The lowest BCUT2D eigenvalue weighted by Crippen LogP contribution is -2.17. The Morgan fingerprint density at radius 1 is 1.05 bits per heavy atom. The first-order chi connectivity index (χ1) is 9.20. The molecule has 0 saturated heterocycles. The molecule has 1 unspecified atom stereocenters. The van der Waals surface area contributed by atoms with E-state index in [9.17, 15) is 9.90 Å². The molecule has 19 heavy (non-hydrogen) atoms. The third kappa shape index (κ3) is 13.6. The molecule has 0 aliphatic rings. The van der Waals surface area contributed by atoms with Crippen molar-refractivity contribution >= 4 is 5.97 Å². The van der Waals surface area contributed by atoms with Gasteiger partial charge in [-0.2, -0.15) is 0 Å². The van der Waals surface area contributed by atoms with Gasteiger partial charge in [0.15, 0.2) is 0 Å². The SMILES string of the molecule is CCCCCCCCCC(O)CC(=O)OCCOC. The fourth-order valence-electron chi connectivity index (χ4n) is 1.93. The Morgan fingerprint density at radius 3 is 2.32 bits per heavy atom. The Hall–Kier alpha value is -0.610. The number of methoxy groups -OCH3 is 1. The zero-order valence-electron chi connectivity index (χ0n) is 12.5. The largest absolute Gasteiger partial charge is 0.463 e. The number of hydrogen-bond acceptors (Lipinski definition) is 4. The maximum atomic E-state index is 11.3. The van der Waals surface area contributed by atoms with E-state index in [-0.39, 0.29) is 19.0 Å². The van der Waals surface area contributed by atoms with Crippen molar-refractivity contribution in [3.8, 4) is 0 Å². The molecule has 0 saturated carbocycles. The van der Waals surface area contributed by atoms with Gasteiger partial charge in [0.05, 0.1) is 19.1 Å². The average Bonchev–Trinajstić information content (AvgIpc) is 2.38. The predicted molar refractivity (Wildman–Crippen MR) is 76.1 cm³/mol. The van der Waals surface area contributed by atoms with Gasteiger partial charge in [-0.05, 0) is 6.42 Å². The van der Waals surface area contributed by atoms with Crippen molar-refractivity contribution in [2.75, 3.05) is 20.3 Å². The van der Waals surface area contributed by atoms with Crippen LogP contribution in [0.3, 0.4) is 0 Å². The smallest absolute Gasteiger partial charge is 0.308 e. The number of carbonyl (C=O) groups is 1. The van der Waals surface area contributed by atoms with Crippen LogP contribution in [0.25, 0.3) is 0 Å². The van der Waals surface area contributed by atoms with Crippen LogP contribution in [-0.4, -0.2) is 37.5 Å². The lowest BCUT2D eigenvalue weighted by Gasteiger charge is -2.10.